The second kappa shape index (κ2) is 5.41. The lowest BCUT2D eigenvalue weighted by Crippen LogP contribution is -2.11. The summed E-state index contributed by atoms with van der Waals surface area (Å²) >= 11 is 0. The number of aliphatic hydroxyl groups excluding tert-OH is 1. The van der Waals surface area contributed by atoms with E-state index in [9.17, 15) is 0 Å². The van der Waals surface area contributed by atoms with Gasteiger partial charge in [0.15, 0.2) is 0 Å². The minimum absolute atomic E-state index is 0.0405. The second-order valence-electron chi connectivity index (χ2n) is 5.54. The Morgan fingerprint density at radius 2 is 1.74 bits per heavy atom. The molecule has 19 heavy (non-hydrogen) atoms. The number of aromatic nitrogens is 1. The van der Waals surface area contributed by atoms with Crippen molar-refractivity contribution in [1.82, 2.24) is 4.98 Å². The van der Waals surface area contributed by atoms with Crippen molar-refractivity contribution in [3.63, 3.8) is 0 Å². The van der Waals surface area contributed by atoms with Crippen molar-refractivity contribution >= 4 is 0 Å². The quantitative estimate of drug-likeness (QED) is 0.912. The molecule has 1 aromatic heterocycles. The van der Waals surface area contributed by atoms with Crippen LogP contribution in [0.1, 0.15) is 31.9 Å². The zero-order valence-electron chi connectivity index (χ0n) is 11.6. The molecule has 1 aromatic carbocycles. The maximum Gasteiger partial charge on any atom is 0.219 e. The third kappa shape index (κ3) is 3.55. The highest BCUT2D eigenvalue weighted by atomic mass is 16.5. The van der Waals surface area contributed by atoms with Crippen LogP contribution >= 0.6 is 0 Å². The molecule has 0 spiro atoms. The van der Waals surface area contributed by atoms with Crippen LogP contribution in [0.25, 0.3) is 0 Å². The number of pyridine rings is 1. The lowest BCUT2D eigenvalue weighted by molar-refractivity contribution is 0.281. The first kappa shape index (κ1) is 13.6. The van der Waals surface area contributed by atoms with Gasteiger partial charge in [-0.2, -0.15) is 0 Å². The lowest BCUT2D eigenvalue weighted by Gasteiger charge is -2.18. The molecule has 0 saturated heterocycles. The van der Waals surface area contributed by atoms with Crippen LogP contribution in [0.2, 0.25) is 0 Å². The van der Waals surface area contributed by atoms with Gasteiger partial charge in [-0.15, -0.1) is 0 Å². The molecule has 100 valence electrons. The van der Waals surface area contributed by atoms with Crippen molar-refractivity contribution in [3.05, 3.63) is 53.7 Å². The van der Waals surface area contributed by atoms with Crippen molar-refractivity contribution in [3.8, 4) is 11.6 Å². The summed E-state index contributed by atoms with van der Waals surface area (Å²) in [6.07, 6.45) is 1.84. The molecule has 1 N–H and O–H groups in total. The number of nitrogens with zero attached hydrogens (tertiary/aromatic N) is 1. The van der Waals surface area contributed by atoms with Crippen LogP contribution < -0.4 is 4.74 Å². The Labute approximate surface area is 113 Å². The van der Waals surface area contributed by atoms with Gasteiger partial charge in [0.05, 0.1) is 6.61 Å². The molecule has 0 unspecified atom stereocenters. The highest BCUT2D eigenvalue weighted by Gasteiger charge is 2.13. The summed E-state index contributed by atoms with van der Waals surface area (Å²) in [7, 11) is 0. The van der Waals surface area contributed by atoms with E-state index in [1.165, 1.54) is 5.56 Å². The molecule has 3 heteroatoms. The third-order valence-corrected chi connectivity index (χ3v) is 2.93. The van der Waals surface area contributed by atoms with E-state index in [0.29, 0.717) is 11.6 Å². The molecule has 0 aliphatic heterocycles. The molecule has 0 amide bonds. The predicted octanol–water partition coefficient (Wildman–Crippen LogP) is 3.66. The normalized spacial score (nSPS) is 11.4. The Kier molecular flexibility index (Phi) is 3.86. The van der Waals surface area contributed by atoms with E-state index < -0.39 is 0 Å². The van der Waals surface area contributed by atoms with E-state index in [0.717, 1.165) is 5.56 Å². The van der Waals surface area contributed by atoms with E-state index in [2.05, 4.69) is 25.8 Å². The largest absolute Gasteiger partial charge is 0.439 e. The van der Waals surface area contributed by atoms with Crippen molar-refractivity contribution < 1.29 is 9.84 Å². The first-order valence-corrected chi connectivity index (χ1v) is 6.33. The molecule has 1 heterocycles. The van der Waals surface area contributed by atoms with Gasteiger partial charge in [0.2, 0.25) is 5.88 Å². The summed E-state index contributed by atoms with van der Waals surface area (Å²) in [6.45, 7) is 6.49. The first-order valence-electron chi connectivity index (χ1n) is 6.33. The maximum atomic E-state index is 8.97. The van der Waals surface area contributed by atoms with Crippen LogP contribution in [-0.2, 0) is 12.0 Å². The number of hydrogen-bond donors (Lipinski definition) is 1. The van der Waals surface area contributed by atoms with E-state index in [-0.39, 0.29) is 12.0 Å². The molecule has 0 bridgehead atoms. The van der Waals surface area contributed by atoms with Crippen molar-refractivity contribution in [1.29, 1.82) is 0 Å². The van der Waals surface area contributed by atoms with Crippen LogP contribution in [0.3, 0.4) is 0 Å². The van der Waals surface area contributed by atoms with Crippen molar-refractivity contribution in [2.45, 2.75) is 32.8 Å². The first-order chi connectivity index (χ1) is 8.99. The minimum Gasteiger partial charge on any atom is -0.439 e. The molecule has 0 fully saturated rings. The zero-order valence-corrected chi connectivity index (χ0v) is 11.6. The maximum absolute atomic E-state index is 8.97. The topological polar surface area (TPSA) is 42.4 Å². The lowest BCUT2D eigenvalue weighted by atomic mass is 9.88. The van der Waals surface area contributed by atoms with Crippen LogP contribution in [0.5, 0.6) is 11.6 Å². The smallest absolute Gasteiger partial charge is 0.219 e. The summed E-state index contributed by atoms with van der Waals surface area (Å²) < 4.78 is 5.65. The molecular formula is C16H19NO2. The zero-order chi connectivity index (χ0) is 13.9. The van der Waals surface area contributed by atoms with Crippen LogP contribution in [-0.4, -0.2) is 10.1 Å². The molecule has 2 aromatic rings. The summed E-state index contributed by atoms with van der Waals surface area (Å²) in [5.74, 6) is 1.29. The molecule has 0 radical (unpaired) electrons. The molecule has 0 atom stereocenters. The highest BCUT2D eigenvalue weighted by Crippen LogP contribution is 2.24. The van der Waals surface area contributed by atoms with E-state index in [1.54, 1.807) is 0 Å². The molecular weight excluding hydrogens is 238 g/mol. The van der Waals surface area contributed by atoms with Crippen LogP contribution in [0.4, 0.5) is 0 Å². The minimum atomic E-state index is 0.0405. The Morgan fingerprint density at radius 3 is 2.21 bits per heavy atom. The van der Waals surface area contributed by atoms with Crippen molar-refractivity contribution in [2.24, 2.45) is 0 Å². The average molecular weight is 257 g/mol. The number of rotatable bonds is 3. The second-order valence-corrected chi connectivity index (χ2v) is 5.54. The van der Waals surface area contributed by atoms with Gasteiger partial charge in [0.25, 0.3) is 0 Å². The Balaban J connectivity index is 2.10. The van der Waals surface area contributed by atoms with Gasteiger partial charge < -0.3 is 9.84 Å². The molecule has 0 aliphatic carbocycles. The van der Waals surface area contributed by atoms with Gasteiger partial charge in [-0.05, 0) is 28.7 Å². The van der Waals surface area contributed by atoms with Crippen LogP contribution in [0, 0.1) is 0 Å². The molecule has 0 saturated carbocycles. The summed E-state index contributed by atoms with van der Waals surface area (Å²) in [6, 6.07) is 11.2. The summed E-state index contributed by atoms with van der Waals surface area (Å²) in [4.78, 5) is 4.31. The fraction of sp³-hybridized carbons (Fsp3) is 0.312. The summed E-state index contributed by atoms with van der Waals surface area (Å²) in [5.41, 5.74) is 2.13. The summed E-state index contributed by atoms with van der Waals surface area (Å²) in [5, 5.41) is 8.97. The number of aliphatic hydroxyl groups is 1. The van der Waals surface area contributed by atoms with E-state index in [1.807, 2.05) is 42.6 Å². The van der Waals surface area contributed by atoms with Crippen LogP contribution in [0.15, 0.2) is 42.6 Å². The highest BCUT2D eigenvalue weighted by molar-refractivity contribution is 5.31. The standard InChI is InChI=1S/C16H19NO2/c1-16(2,3)13-6-9-15(17-10-13)19-14-7-4-12(11-18)5-8-14/h4-10,18H,11H2,1-3H3. The Bertz CT molecular complexity index is 524. The number of hydrogen-bond acceptors (Lipinski definition) is 3. The molecule has 2 rings (SSSR count). The monoisotopic (exact) mass is 257 g/mol. The Morgan fingerprint density at radius 1 is 1.05 bits per heavy atom. The average Bonchev–Trinajstić information content (AvgIpc) is 2.39. The van der Waals surface area contributed by atoms with Gasteiger partial charge >= 0.3 is 0 Å². The third-order valence-electron chi connectivity index (χ3n) is 2.93. The van der Waals surface area contributed by atoms with Gasteiger partial charge in [-0.3, -0.25) is 0 Å². The van der Waals surface area contributed by atoms with E-state index >= 15 is 0 Å². The molecule has 3 nitrogen and oxygen atoms in total. The SMILES string of the molecule is CC(C)(C)c1ccc(Oc2ccc(CO)cc2)nc1. The molecule has 0 aliphatic rings. The van der Waals surface area contributed by atoms with Gasteiger partial charge in [0.1, 0.15) is 5.75 Å². The fourth-order valence-corrected chi connectivity index (χ4v) is 1.67. The number of ether oxygens (including phenoxy) is 1. The van der Waals surface area contributed by atoms with Crippen molar-refractivity contribution in [2.75, 3.05) is 0 Å². The fourth-order valence-electron chi connectivity index (χ4n) is 1.67. The number of benzene rings is 1. The van der Waals surface area contributed by atoms with E-state index in [4.69, 9.17) is 9.84 Å². The van der Waals surface area contributed by atoms with Gasteiger partial charge in [-0.25, -0.2) is 4.98 Å². The Hall–Kier alpha value is -1.87. The van der Waals surface area contributed by atoms with Gasteiger partial charge in [0, 0.05) is 12.3 Å². The van der Waals surface area contributed by atoms with Gasteiger partial charge in [-0.1, -0.05) is 39.0 Å². The predicted molar refractivity (Wildman–Crippen MR) is 75.4 cm³/mol.